The second kappa shape index (κ2) is 8.17. The van der Waals surface area contributed by atoms with Crippen molar-refractivity contribution in [1.82, 2.24) is 9.97 Å². The number of anilines is 3. The summed E-state index contributed by atoms with van der Waals surface area (Å²) in [5.41, 5.74) is 0.304. The number of benzene rings is 1. The van der Waals surface area contributed by atoms with Crippen LogP contribution in [0.15, 0.2) is 29.1 Å². The van der Waals surface area contributed by atoms with Crippen molar-refractivity contribution >= 4 is 29.3 Å². The second-order valence-electron chi connectivity index (χ2n) is 7.87. The molecule has 1 fully saturated rings. The maximum Gasteiger partial charge on any atom is 0.258 e. The van der Waals surface area contributed by atoms with Gasteiger partial charge in [-0.3, -0.25) is 19.4 Å². The van der Waals surface area contributed by atoms with Crippen LogP contribution >= 0.6 is 0 Å². The minimum absolute atomic E-state index is 0.117. The van der Waals surface area contributed by atoms with Crippen LogP contribution in [0.5, 0.6) is 5.75 Å². The van der Waals surface area contributed by atoms with Gasteiger partial charge in [-0.1, -0.05) is 13.0 Å². The Labute approximate surface area is 173 Å². The van der Waals surface area contributed by atoms with E-state index < -0.39 is 17.4 Å². The van der Waals surface area contributed by atoms with Crippen LogP contribution in [0.25, 0.3) is 0 Å². The van der Waals surface area contributed by atoms with Gasteiger partial charge < -0.3 is 20.3 Å². The van der Waals surface area contributed by atoms with Gasteiger partial charge in [0.1, 0.15) is 11.6 Å². The Morgan fingerprint density at radius 2 is 2.17 bits per heavy atom. The van der Waals surface area contributed by atoms with Crippen LogP contribution in [-0.2, 0) is 9.59 Å². The molecule has 0 spiro atoms. The molecule has 158 valence electrons. The topological polar surface area (TPSA) is 116 Å². The zero-order valence-electron chi connectivity index (χ0n) is 17.0. The molecule has 2 aliphatic rings. The van der Waals surface area contributed by atoms with Crippen LogP contribution in [0.1, 0.15) is 37.7 Å². The molecule has 0 bridgehead atoms. The molecule has 4 rings (SSSR count). The Morgan fingerprint density at radius 3 is 2.93 bits per heavy atom. The Bertz CT molecular complexity index is 1030. The lowest BCUT2D eigenvalue weighted by atomic mass is 9.92. The monoisotopic (exact) mass is 411 g/mol. The maximum atomic E-state index is 12.9. The van der Waals surface area contributed by atoms with E-state index in [2.05, 4.69) is 27.5 Å². The van der Waals surface area contributed by atoms with Gasteiger partial charge in [0.05, 0.1) is 18.6 Å². The highest BCUT2D eigenvalue weighted by atomic mass is 16.5. The molecule has 1 aromatic heterocycles. The van der Waals surface area contributed by atoms with Crippen molar-refractivity contribution in [2.45, 2.75) is 32.1 Å². The number of aromatic amines is 1. The predicted molar refractivity (Wildman–Crippen MR) is 113 cm³/mol. The van der Waals surface area contributed by atoms with Crippen molar-refractivity contribution in [3.63, 3.8) is 0 Å². The SMILES string of the molecule is COc1cccc(NC(=O)[C@@H]2CC(=O)Nc3nc(N4CCC[C@H](C)C4)[nH]c(=O)c32)c1. The van der Waals surface area contributed by atoms with Crippen LogP contribution in [0.4, 0.5) is 17.5 Å². The van der Waals surface area contributed by atoms with Crippen LogP contribution in [0.2, 0.25) is 0 Å². The van der Waals surface area contributed by atoms with Gasteiger partial charge in [-0.2, -0.15) is 4.98 Å². The molecule has 3 N–H and O–H groups in total. The molecule has 2 atom stereocenters. The number of rotatable bonds is 4. The van der Waals surface area contributed by atoms with E-state index in [1.807, 2.05) is 4.90 Å². The van der Waals surface area contributed by atoms with Crippen LogP contribution in [-0.4, -0.2) is 42.0 Å². The molecule has 1 saturated heterocycles. The van der Waals surface area contributed by atoms with Gasteiger partial charge in [0.15, 0.2) is 0 Å². The summed E-state index contributed by atoms with van der Waals surface area (Å²) in [6.07, 6.45) is 2.03. The highest BCUT2D eigenvalue weighted by Crippen LogP contribution is 2.31. The number of piperidine rings is 1. The Morgan fingerprint density at radius 1 is 1.33 bits per heavy atom. The number of fused-ring (bicyclic) bond motifs is 1. The molecule has 9 heteroatoms. The number of hydrogen-bond acceptors (Lipinski definition) is 6. The Hall–Kier alpha value is -3.36. The average molecular weight is 411 g/mol. The predicted octanol–water partition coefficient (Wildman–Crippen LogP) is 2.08. The summed E-state index contributed by atoms with van der Waals surface area (Å²) in [4.78, 5) is 47.4. The van der Waals surface area contributed by atoms with E-state index in [0.717, 1.165) is 25.9 Å². The molecule has 0 radical (unpaired) electrons. The summed E-state index contributed by atoms with van der Waals surface area (Å²) < 4.78 is 5.17. The first-order valence-electron chi connectivity index (χ1n) is 10.1. The third-order valence-corrected chi connectivity index (χ3v) is 5.55. The molecule has 2 aromatic rings. The molecule has 0 saturated carbocycles. The van der Waals surface area contributed by atoms with Crippen molar-refractivity contribution in [1.29, 1.82) is 0 Å². The Balaban J connectivity index is 1.63. The largest absolute Gasteiger partial charge is 0.497 e. The number of nitrogens with one attached hydrogen (secondary N) is 3. The van der Waals surface area contributed by atoms with Crippen molar-refractivity contribution in [2.75, 3.05) is 35.7 Å². The summed E-state index contributed by atoms with van der Waals surface area (Å²) in [7, 11) is 1.54. The summed E-state index contributed by atoms with van der Waals surface area (Å²) in [5, 5.41) is 5.43. The fourth-order valence-electron chi connectivity index (χ4n) is 4.05. The summed E-state index contributed by atoms with van der Waals surface area (Å²) in [6, 6.07) is 6.89. The maximum absolute atomic E-state index is 12.9. The Kier molecular flexibility index (Phi) is 5.43. The molecule has 1 aromatic carbocycles. The molecule has 3 heterocycles. The van der Waals surface area contributed by atoms with E-state index in [9.17, 15) is 14.4 Å². The van der Waals surface area contributed by atoms with Gasteiger partial charge in [-0.15, -0.1) is 0 Å². The second-order valence-corrected chi connectivity index (χ2v) is 7.87. The number of methoxy groups -OCH3 is 1. The van der Waals surface area contributed by atoms with Crippen molar-refractivity contribution in [2.24, 2.45) is 5.92 Å². The number of nitrogens with zero attached hydrogens (tertiary/aromatic N) is 2. The third-order valence-electron chi connectivity index (χ3n) is 5.55. The fourth-order valence-corrected chi connectivity index (χ4v) is 4.05. The van der Waals surface area contributed by atoms with Crippen LogP contribution < -0.4 is 25.8 Å². The van der Waals surface area contributed by atoms with Gasteiger partial charge >= 0.3 is 0 Å². The van der Waals surface area contributed by atoms with E-state index in [4.69, 9.17) is 4.74 Å². The number of amides is 2. The number of H-pyrrole nitrogens is 1. The van der Waals surface area contributed by atoms with Crippen LogP contribution in [0, 0.1) is 5.92 Å². The molecule has 9 nitrogen and oxygen atoms in total. The molecular formula is C21H25N5O4. The zero-order valence-corrected chi connectivity index (χ0v) is 17.0. The minimum Gasteiger partial charge on any atom is -0.497 e. The van der Waals surface area contributed by atoms with Gasteiger partial charge in [-0.25, -0.2) is 0 Å². The van der Waals surface area contributed by atoms with E-state index in [1.54, 1.807) is 24.3 Å². The molecule has 30 heavy (non-hydrogen) atoms. The quantitative estimate of drug-likeness (QED) is 0.709. The normalized spacial score (nSPS) is 20.9. The summed E-state index contributed by atoms with van der Waals surface area (Å²) >= 11 is 0. The first-order chi connectivity index (χ1) is 14.4. The minimum atomic E-state index is -0.925. The first-order valence-corrected chi connectivity index (χ1v) is 10.1. The van der Waals surface area contributed by atoms with Crippen molar-refractivity contribution in [3.05, 3.63) is 40.2 Å². The van der Waals surface area contributed by atoms with Crippen molar-refractivity contribution in [3.8, 4) is 5.75 Å². The number of ether oxygens (including phenoxy) is 1. The standard InChI is InChI=1S/C21H25N5O4/c1-12-5-4-8-26(11-12)21-24-18-17(20(29)25-21)15(10-16(27)23-18)19(28)22-13-6-3-7-14(9-13)30-2/h3,6-7,9,12,15H,4-5,8,10-11H2,1-2H3,(H,22,28)(H2,23,24,25,27,29)/t12-,15+/m0/s1. The number of carbonyl (C=O) groups is 2. The molecule has 0 aliphatic carbocycles. The summed E-state index contributed by atoms with van der Waals surface area (Å²) in [6.45, 7) is 3.73. The fraction of sp³-hybridized carbons (Fsp3) is 0.429. The van der Waals surface area contributed by atoms with Gasteiger partial charge in [0, 0.05) is 31.3 Å². The number of aromatic nitrogens is 2. The van der Waals surface area contributed by atoms with E-state index in [1.165, 1.54) is 7.11 Å². The number of hydrogen-bond donors (Lipinski definition) is 3. The lowest BCUT2D eigenvalue weighted by molar-refractivity contribution is -0.123. The van der Waals surface area contributed by atoms with Gasteiger partial charge in [-0.05, 0) is 30.9 Å². The van der Waals surface area contributed by atoms with E-state index >= 15 is 0 Å². The number of carbonyl (C=O) groups excluding carboxylic acids is 2. The summed E-state index contributed by atoms with van der Waals surface area (Å²) in [5.74, 6) is -0.0278. The molecule has 2 amide bonds. The first kappa shape index (κ1) is 19.9. The van der Waals surface area contributed by atoms with E-state index in [0.29, 0.717) is 23.3 Å². The van der Waals surface area contributed by atoms with Crippen molar-refractivity contribution < 1.29 is 14.3 Å². The molecule has 2 aliphatic heterocycles. The highest BCUT2D eigenvalue weighted by molar-refractivity contribution is 6.04. The smallest absolute Gasteiger partial charge is 0.258 e. The lowest BCUT2D eigenvalue weighted by Crippen LogP contribution is -2.40. The third kappa shape index (κ3) is 4.00. The molecular weight excluding hydrogens is 386 g/mol. The van der Waals surface area contributed by atoms with Crippen LogP contribution in [0.3, 0.4) is 0 Å². The molecule has 0 unspecified atom stereocenters. The van der Waals surface area contributed by atoms with E-state index in [-0.39, 0.29) is 23.7 Å². The lowest BCUT2D eigenvalue weighted by Gasteiger charge is -2.32. The average Bonchev–Trinajstić information content (AvgIpc) is 2.72. The van der Waals surface area contributed by atoms with Gasteiger partial charge in [0.25, 0.3) is 5.56 Å². The highest BCUT2D eigenvalue weighted by Gasteiger charge is 2.35. The van der Waals surface area contributed by atoms with Gasteiger partial charge in [0.2, 0.25) is 17.8 Å². The zero-order chi connectivity index (χ0) is 21.3.